The summed E-state index contributed by atoms with van der Waals surface area (Å²) in [5, 5.41) is 14.9. The number of pyridine rings is 1. The van der Waals surface area contributed by atoms with Crippen LogP contribution >= 0.6 is 11.6 Å². The molecule has 4 aromatic heterocycles. The Balaban J connectivity index is 0.000000517. The third-order valence-electron chi connectivity index (χ3n) is 6.48. The van der Waals surface area contributed by atoms with E-state index in [1.807, 2.05) is 29.2 Å². The number of aliphatic carboxylic acids is 1. The summed E-state index contributed by atoms with van der Waals surface area (Å²) in [6.07, 6.45) is 1.47. The number of amides is 1. The Bertz CT molecular complexity index is 1740. The number of carboxylic acids is 1. The van der Waals surface area contributed by atoms with E-state index in [0.29, 0.717) is 29.3 Å². The van der Waals surface area contributed by atoms with Crippen LogP contribution in [-0.4, -0.2) is 80.2 Å². The predicted molar refractivity (Wildman–Crippen MR) is 147 cm³/mol. The Labute approximate surface area is 242 Å². The summed E-state index contributed by atoms with van der Waals surface area (Å²) in [5.41, 5.74) is 8.07. The number of anilines is 2. The Kier molecular flexibility index (Phi) is 8.54. The molecule has 1 amide bonds. The SMILES string of the molecule is CC(C)C(NC(=O)c1c(N)nn2cccnc12)c1cc(Cl)c2cncn2c1N1CCS(=O)(=O)CC1.O=C(O)C(F)(F)F. The monoisotopic (exact) mass is 630 g/mol. The highest BCUT2D eigenvalue weighted by atomic mass is 35.5. The summed E-state index contributed by atoms with van der Waals surface area (Å²) in [7, 11) is -3.09. The number of aromatic nitrogens is 5. The average Bonchev–Trinajstić information content (AvgIpc) is 3.52. The van der Waals surface area contributed by atoms with Crippen LogP contribution in [0, 0.1) is 5.92 Å². The van der Waals surface area contributed by atoms with E-state index in [4.69, 9.17) is 27.2 Å². The zero-order valence-corrected chi connectivity index (χ0v) is 23.8. The topological polar surface area (TPSA) is 177 Å². The number of carboxylic acid groups (broad SMARTS) is 1. The number of carbonyl (C=O) groups is 2. The van der Waals surface area contributed by atoms with Crippen molar-refractivity contribution in [1.29, 1.82) is 0 Å². The largest absolute Gasteiger partial charge is 0.490 e. The van der Waals surface area contributed by atoms with Gasteiger partial charge in [0.15, 0.2) is 21.3 Å². The molecule has 1 saturated heterocycles. The quantitative estimate of drug-likeness (QED) is 0.297. The minimum absolute atomic E-state index is 0.0423. The van der Waals surface area contributed by atoms with Crippen LogP contribution in [0.1, 0.15) is 35.8 Å². The van der Waals surface area contributed by atoms with Gasteiger partial charge in [0.05, 0.1) is 34.3 Å². The van der Waals surface area contributed by atoms with Gasteiger partial charge in [-0.1, -0.05) is 25.4 Å². The number of sulfone groups is 1. The van der Waals surface area contributed by atoms with Crippen molar-refractivity contribution < 1.29 is 36.3 Å². The number of hydrogen-bond acceptors (Lipinski definition) is 9. The number of nitrogens with zero attached hydrogens (tertiary/aromatic N) is 6. The van der Waals surface area contributed by atoms with Crippen molar-refractivity contribution >= 4 is 56.1 Å². The number of rotatable bonds is 5. The summed E-state index contributed by atoms with van der Waals surface area (Å²) in [5.74, 6) is -2.28. The molecule has 0 spiro atoms. The molecule has 1 atom stereocenters. The van der Waals surface area contributed by atoms with Crippen molar-refractivity contribution in [3.8, 4) is 0 Å². The first-order valence-electron chi connectivity index (χ1n) is 12.4. The third kappa shape index (κ3) is 6.35. The fourth-order valence-corrected chi connectivity index (χ4v) is 5.94. The Hall–Kier alpha value is -4.12. The second-order valence-electron chi connectivity index (χ2n) is 9.71. The molecule has 42 heavy (non-hydrogen) atoms. The second-order valence-corrected chi connectivity index (χ2v) is 12.4. The van der Waals surface area contributed by atoms with Crippen molar-refractivity contribution in [2.75, 3.05) is 35.2 Å². The molecule has 13 nitrogen and oxygen atoms in total. The molecule has 1 fully saturated rings. The highest BCUT2D eigenvalue weighted by molar-refractivity contribution is 7.91. The number of hydrogen-bond donors (Lipinski definition) is 3. The molecule has 0 bridgehead atoms. The molecular weight excluding hydrogens is 605 g/mol. The lowest BCUT2D eigenvalue weighted by Crippen LogP contribution is -2.42. The van der Waals surface area contributed by atoms with Gasteiger partial charge in [-0.15, -0.1) is 5.10 Å². The molecule has 5 rings (SSSR count). The maximum Gasteiger partial charge on any atom is 0.490 e. The molecule has 18 heteroatoms. The van der Waals surface area contributed by atoms with Crippen LogP contribution in [0.5, 0.6) is 0 Å². The van der Waals surface area contributed by atoms with E-state index in [1.54, 1.807) is 31.0 Å². The van der Waals surface area contributed by atoms with Gasteiger partial charge in [-0.3, -0.25) is 9.20 Å². The molecule has 5 heterocycles. The lowest BCUT2D eigenvalue weighted by molar-refractivity contribution is -0.192. The fourth-order valence-electron chi connectivity index (χ4n) is 4.48. The molecule has 4 aromatic rings. The highest BCUT2D eigenvalue weighted by Gasteiger charge is 2.38. The minimum Gasteiger partial charge on any atom is -0.475 e. The van der Waals surface area contributed by atoms with Crippen LogP contribution in [0.15, 0.2) is 37.1 Å². The lowest BCUT2D eigenvalue weighted by Gasteiger charge is -2.34. The van der Waals surface area contributed by atoms with Crippen molar-refractivity contribution in [1.82, 2.24) is 29.3 Å². The van der Waals surface area contributed by atoms with Gasteiger partial charge in [0.2, 0.25) is 0 Å². The second kappa shape index (κ2) is 11.6. The first-order chi connectivity index (χ1) is 19.6. The molecule has 1 unspecified atom stereocenters. The van der Waals surface area contributed by atoms with Crippen molar-refractivity contribution in [3.05, 3.63) is 53.2 Å². The molecule has 4 N–H and O–H groups in total. The Morgan fingerprint density at radius 3 is 2.45 bits per heavy atom. The molecule has 1 aliphatic rings. The summed E-state index contributed by atoms with van der Waals surface area (Å²) in [4.78, 5) is 32.9. The number of halogens is 4. The van der Waals surface area contributed by atoms with Crippen LogP contribution in [0.3, 0.4) is 0 Å². The van der Waals surface area contributed by atoms with Crippen molar-refractivity contribution in [2.24, 2.45) is 5.92 Å². The van der Waals surface area contributed by atoms with Gasteiger partial charge < -0.3 is 21.1 Å². The van der Waals surface area contributed by atoms with Crippen LogP contribution < -0.4 is 16.0 Å². The van der Waals surface area contributed by atoms with Gasteiger partial charge in [-0.2, -0.15) is 13.2 Å². The maximum absolute atomic E-state index is 13.5. The molecule has 0 aliphatic carbocycles. The zero-order chi connectivity index (χ0) is 31.0. The number of nitrogen functional groups attached to an aromatic ring is 1. The molecule has 226 valence electrons. The summed E-state index contributed by atoms with van der Waals surface area (Å²) in [6.45, 7) is 4.63. The molecule has 0 aromatic carbocycles. The van der Waals surface area contributed by atoms with Crippen LogP contribution in [0.2, 0.25) is 5.02 Å². The summed E-state index contributed by atoms with van der Waals surface area (Å²) < 4.78 is 59.2. The van der Waals surface area contributed by atoms with E-state index >= 15 is 0 Å². The highest BCUT2D eigenvalue weighted by Crippen LogP contribution is 2.36. The van der Waals surface area contributed by atoms with E-state index in [1.165, 1.54) is 4.52 Å². The summed E-state index contributed by atoms with van der Waals surface area (Å²) in [6, 6.07) is 3.05. The summed E-state index contributed by atoms with van der Waals surface area (Å²) >= 11 is 6.62. The number of nitrogens with one attached hydrogen (secondary N) is 1. The smallest absolute Gasteiger partial charge is 0.475 e. The molecular formula is C24H26ClF3N8O5S. The van der Waals surface area contributed by atoms with E-state index < -0.39 is 33.9 Å². The number of imidazole rings is 1. The lowest BCUT2D eigenvalue weighted by atomic mass is 9.95. The van der Waals surface area contributed by atoms with Crippen LogP contribution in [-0.2, 0) is 14.6 Å². The molecule has 0 radical (unpaired) electrons. The number of fused-ring (bicyclic) bond motifs is 2. The van der Waals surface area contributed by atoms with Gasteiger partial charge in [-0.05, 0) is 18.1 Å². The average molecular weight is 631 g/mol. The minimum atomic E-state index is -5.08. The first-order valence-corrected chi connectivity index (χ1v) is 14.6. The van der Waals surface area contributed by atoms with Gasteiger partial charge in [0.25, 0.3) is 5.91 Å². The Morgan fingerprint density at radius 1 is 1.21 bits per heavy atom. The number of nitrogens with two attached hydrogens (primary N) is 1. The molecule has 1 aliphatic heterocycles. The van der Waals surface area contributed by atoms with E-state index in [0.717, 1.165) is 11.4 Å². The van der Waals surface area contributed by atoms with Gasteiger partial charge in [0.1, 0.15) is 17.7 Å². The fraction of sp³-hybridized carbons (Fsp3) is 0.375. The third-order valence-corrected chi connectivity index (χ3v) is 8.39. The van der Waals surface area contributed by atoms with Crippen molar-refractivity contribution in [2.45, 2.75) is 26.1 Å². The van der Waals surface area contributed by atoms with Crippen LogP contribution in [0.4, 0.5) is 24.8 Å². The standard InChI is InChI=1S/C22H25ClN8O3S.C2HF3O2/c1-13(2)18(27-21(32)17-19(24)28-31-5-3-4-26-20(17)31)14-10-15(23)16-11-25-12-30(16)22(14)29-6-8-35(33,34)9-7-29;3-2(4,5)1(6)7/h3-5,10-13,18H,6-9H2,1-2H3,(H2,24,28)(H,27,32);(H,6,7). The van der Waals surface area contributed by atoms with E-state index in [2.05, 4.69) is 20.4 Å². The molecule has 0 saturated carbocycles. The van der Waals surface area contributed by atoms with E-state index in [-0.39, 0.29) is 28.8 Å². The Morgan fingerprint density at radius 2 is 1.86 bits per heavy atom. The van der Waals surface area contributed by atoms with Crippen LogP contribution in [0.25, 0.3) is 11.2 Å². The number of carbonyl (C=O) groups excluding carboxylic acids is 1. The number of alkyl halides is 3. The van der Waals surface area contributed by atoms with Crippen molar-refractivity contribution in [3.63, 3.8) is 0 Å². The van der Waals surface area contributed by atoms with Gasteiger partial charge >= 0.3 is 12.1 Å². The first kappa shape index (κ1) is 30.8. The normalized spacial score (nSPS) is 15.8. The zero-order valence-electron chi connectivity index (χ0n) is 22.2. The maximum atomic E-state index is 13.5. The van der Waals surface area contributed by atoms with E-state index in [9.17, 15) is 26.4 Å². The predicted octanol–water partition coefficient (Wildman–Crippen LogP) is 2.61. The van der Waals surface area contributed by atoms with Gasteiger partial charge in [0, 0.05) is 31.0 Å². The van der Waals surface area contributed by atoms with Gasteiger partial charge in [-0.25, -0.2) is 27.7 Å².